The molecule has 3 rings (SSSR count). The van der Waals surface area contributed by atoms with Crippen LogP contribution in [0.5, 0.6) is 0 Å². The van der Waals surface area contributed by atoms with Gasteiger partial charge in [-0.25, -0.2) is 0 Å². The van der Waals surface area contributed by atoms with Gasteiger partial charge in [0.05, 0.1) is 18.9 Å². The van der Waals surface area contributed by atoms with Crippen LogP contribution in [0.3, 0.4) is 0 Å². The van der Waals surface area contributed by atoms with Crippen molar-refractivity contribution >= 4 is 11.6 Å². The first-order valence-electron chi connectivity index (χ1n) is 8.83. The number of nitrogens with zero attached hydrogens (tertiary/aromatic N) is 2. The fourth-order valence-corrected chi connectivity index (χ4v) is 3.65. The average molecular weight is 349 g/mol. The number of carbonyl (C=O) groups is 1. The Bertz CT molecular complexity index is 672. The van der Waals surface area contributed by atoms with Crippen molar-refractivity contribution in [3.63, 3.8) is 0 Å². The Morgan fingerprint density at radius 1 is 1.32 bits per heavy atom. The minimum absolute atomic E-state index is 0.0526. The standard InChI is InChI=1S/C18H27N3O4/c1-12-15-13(20-23)10-18(2,3)11-14(15)25-16(12)17(22)19-4-5-21-6-8-24-9-7-21/h23H,4-11H2,1-3H3,(H,19,22). The van der Waals surface area contributed by atoms with Crippen LogP contribution in [0.25, 0.3) is 0 Å². The number of hydrogen-bond acceptors (Lipinski definition) is 6. The SMILES string of the molecule is Cc1c(C(=O)NCCN2CCOCC2)oc2c1C(=NO)CC(C)(C)C2. The molecule has 0 saturated carbocycles. The van der Waals surface area contributed by atoms with Gasteiger partial charge >= 0.3 is 0 Å². The van der Waals surface area contributed by atoms with Crippen LogP contribution in [-0.2, 0) is 11.2 Å². The van der Waals surface area contributed by atoms with E-state index in [0.717, 1.165) is 56.2 Å². The number of morpholine rings is 1. The molecule has 0 unspecified atom stereocenters. The minimum atomic E-state index is -0.213. The minimum Gasteiger partial charge on any atom is -0.455 e. The summed E-state index contributed by atoms with van der Waals surface area (Å²) in [7, 11) is 0. The van der Waals surface area contributed by atoms with Crippen molar-refractivity contribution in [2.75, 3.05) is 39.4 Å². The van der Waals surface area contributed by atoms with E-state index in [2.05, 4.69) is 29.2 Å². The smallest absolute Gasteiger partial charge is 0.287 e. The van der Waals surface area contributed by atoms with E-state index in [0.29, 0.717) is 24.4 Å². The highest BCUT2D eigenvalue weighted by molar-refractivity contribution is 6.06. The maximum atomic E-state index is 12.5. The second-order valence-corrected chi connectivity index (χ2v) is 7.63. The molecule has 0 aromatic carbocycles. The molecular weight excluding hydrogens is 322 g/mol. The first-order chi connectivity index (χ1) is 11.9. The zero-order valence-electron chi connectivity index (χ0n) is 15.2. The number of rotatable bonds is 4. The lowest BCUT2D eigenvalue weighted by molar-refractivity contribution is 0.0382. The third kappa shape index (κ3) is 3.88. The summed E-state index contributed by atoms with van der Waals surface area (Å²) in [6.45, 7) is 10.7. The predicted molar refractivity (Wildman–Crippen MR) is 93.5 cm³/mol. The lowest BCUT2D eigenvalue weighted by atomic mass is 9.75. The third-order valence-corrected chi connectivity index (χ3v) is 4.94. The molecule has 25 heavy (non-hydrogen) atoms. The van der Waals surface area contributed by atoms with Crippen molar-refractivity contribution < 1.29 is 19.2 Å². The lowest BCUT2D eigenvalue weighted by Gasteiger charge is -2.28. The summed E-state index contributed by atoms with van der Waals surface area (Å²) in [5.74, 6) is 0.848. The van der Waals surface area contributed by atoms with Gasteiger partial charge in [-0.15, -0.1) is 0 Å². The van der Waals surface area contributed by atoms with Gasteiger partial charge in [0, 0.05) is 43.7 Å². The van der Waals surface area contributed by atoms with Gasteiger partial charge < -0.3 is 19.7 Å². The third-order valence-electron chi connectivity index (χ3n) is 4.94. The number of hydrogen-bond donors (Lipinski definition) is 2. The molecule has 0 radical (unpaired) electrons. The number of fused-ring (bicyclic) bond motifs is 1. The fraction of sp³-hybridized carbons (Fsp3) is 0.667. The van der Waals surface area contributed by atoms with Crippen LogP contribution in [0.1, 0.15) is 47.7 Å². The Morgan fingerprint density at radius 2 is 2.04 bits per heavy atom. The van der Waals surface area contributed by atoms with Crippen molar-refractivity contribution in [1.82, 2.24) is 10.2 Å². The van der Waals surface area contributed by atoms with E-state index in [4.69, 9.17) is 9.15 Å². The highest BCUT2D eigenvalue weighted by Crippen LogP contribution is 2.38. The predicted octanol–water partition coefficient (Wildman–Crippen LogP) is 1.80. The molecule has 7 nitrogen and oxygen atoms in total. The summed E-state index contributed by atoms with van der Waals surface area (Å²) in [5, 5.41) is 15.7. The molecule has 0 spiro atoms. The topological polar surface area (TPSA) is 87.3 Å². The van der Waals surface area contributed by atoms with Gasteiger partial charge in [0.25, 0.3) is 5.91 Å². The second-order valence-electron chi connectivity index (χ2n) is 7.63. The van der Waals surface area contributed by atoms with E-state index in [1.807, 2.05) is 6.92 Å². The van der Waals surface area contributed by atoms with Gasteiger partial charge in [0.2, 0.25) is 0 Å². The number of nitrogens with one attached hydrogen (secondary N) is 1. The maximum absolute atomic E-state index is 12.5. The molecular formula is C18H27N3O4. The highest BCUT2D eigenvalue weighted by atomic mass is 16.5. The Kier molecular flexibility index (Phi) is 5.15. The van der Waals surface area contributed by atoms with Crippen LogP contribution >= 0.6 is 0 Å². The van der Waals surface area contributed by atoms with Gasteiger partial charge in [-0.05, 0) is 18.8 Å². The van der Waals surface area contributed by atoms with E-state index in [-0.39, 0.29) is 11.3 Å². The monoisotopic (exact) mass is 349 g/mol. The number of ether oxygens (including phenoxy) is 1. The number of furan rings is 1. The van der Waals surface area contributed by atoms with Crippen molar-refractivity contribution in [3.05, 3.63) is 22.6 Å². The Morgan fingerprint density at radius 3 is 2.72 bits per heavy atom. The molecule has 1 amide bonds. The van der Waals surface area contributed by atoms with Gasteiger partial charge in [-0.2, -0.15) is 0 Å². The molecule has 7 heteroatoms. The lowest BCUT2D eigenvalue weighted by Crippen LogP contribution is -2.41. The quantitative estimate of drug-likeness (QED) is 0.639. The van der Waals surface area contributed by atoms with E-state index in [1.165, 1.54) is 0 Å². The largest absolute Gasteiger partial charge is 0.455 e. The van der Waals surface area contributed by atoms with Crippen LogP contribution in [0.2, 0.25) is 0 Å². The van der Waals surface area contributed by atoms with E-state index in [9.17, 15) is 10.0 Å². The summed E-state index contributed by atoms with van der Waals surface area (Å²) >= 11 is 0. The molecule has 0 atom stereocenters. The molecule has 1 aromatic heterocycles. The molecule has 2 N–H and O–H groups in total. The number of amides is 1. The van der Waals surface area contributed by atoms with E-state index < -0.39 is 0 Å². The molecule has 2 aliphatic rings. The fourth-order valence-electron chi connectivity index (χ4n) is 3.65. The van der Waals surface area contributed by atoms with Crippen LogP contribution in [0.15, 0.2) is 9.57 Å². The molecule has 1 aromatic rings. The van der Waals surface area contributed by atoms with Crippen molar-refractivity contribution in [1.29, 1.82) is 0 Å². The maximum Gasteiger partial charge on any atom is 0.287 e. The zero-order chi connectivity index (χ0) is 18.0. The van der Waals surface area contributed by atoms with Crippen molar-refractivity contribution in [3.8, 4) is 0 Å². The highest BCUT2D eigenvalue weighted by Gasteiger charge is 2.36. The summed E-state index contributed by atoms with van der Waals surface area (Å²) in [5.41, 5.74) is 2.09. The molecule has 1 fully saturated rings. The summed E-state index contributed by atoms with van der Waals surface area (Å²) in [4.78, 5) is 14.8. The van der Waals surface area contributed by atoms with Crippen LogP contribution in [-0.4, -0.2) is 61.1 Å². The van der Waals surface area contributed by atoms with Gasteiger partial charge in [-0.3, -0.25) is 9.69 Å². The van der Waals surface area contributed by atoms with Crippen molar-refractivity contribution in [2.24, 2.45) is 10.6 Å². The first-order valence-corrected chi connectivity index (χ1v) is 8.83. The zero-order valence-corrected chi connectivity index (χ0v) is 15.2. The summed E-state index contributed by atoms with van der Waals surface area (Å²) < 4.78 is 11.2. The number of carbonyl (C=O) groups excluding carboxylic acids is 1. The van der Waals surface area contributed by atoms with Crippen molar-refractivity contribution in [2.45, 2.75) is 33.6 Å². The molecule has 0 bridgehead atoms. The molecule has 1 aliphatic carbocycles. The Labute approximate surface area is 148 Å². The number of oxime groups is 1. The summed E-state index contributed by atoms with van der Waals surface area (Å²) in [6.07, 6.45) is 1.39. The molecule has 1 saturated heterocycles. The average Bonchev–Trinajstić information content (AvgIpc) is 2.90. The van der Waals surface area contributed by atoms with Crippen LogP contribution in [0.4, 0.5) is 0 Å². The van der Waals surface area contributed by atoms with Crippen LogP contribution in [0, 0.1) is 12.3 Å². The molecule has 1 aliphatic heterocycles. The Balaban J connectivity index is 1.68. The van der Waals surface area contributed by atoms with Crippen LogP contribution < -0.4 is 5.32 Å². The first kappa shape index (κ1) is 17.9. The van der Waals surface area contributed by atoms with E-state index >= 15 is 0 Å². The summed E-state index contributed by atoms with van der Waals surface area (Å²) in [6, 6.07) is 0. The molecule has 138 valence electrons. The van der Waals surface area contributed by atoms with Gasteiger partial charge in [0.1, 0.15) is 5.76 Å². The Hall–Kier alpha value is -1.86. The molecule has 2 heterocycles. The van der Waals surface area contributed by atoms with Gasteiger partial charge in [-0.1, -0.05) is 19.0 Å². The second kappa shape index (κ2) is 7.17. The normalized spacial score (nSPS) is 22.0. The van der Waals surface area contributed by atoms with Gasteiger partial charge in [0.15, 0.2) is 5.76 Å². The van der Waals surface area contributed by atoms with E-state index in [1.54, 1.807) is 0 Å².